The van der Waals surface area contributed by atoms with Crippen molar-refractivity contribution >= 4 is 22.5 Å². The molecule has 1 aromatic rings. The molecule has 77 valence electrons. The van der Waals surface area contributed by atoms with Crippen LogP contribution in [0, 0.1) is 0 Å². The van der Waals surface area contributed by atoms with E-state index in [1.54, 1.807) is 0 Å². The summed E-state index contributed by atoms with van der Waals surface area (Å²) in [6.07, 6.45) is 6.55. The minimum absolute atomic E-state index is 1.18. The van der Waals surface area contributed by atoms with Gasteiger partial charge >= 0.3 is 0 Å². The molecule has 0 aliphatic rings. The molecule has 0 spiro atoms. The maximum absolute atomic E-state index is 4.90. The molecule has 1 radical (unpaired) electrons. The summed E-state index contributed by atoms with van der Waals surface area (Å²) in [5, 5.41) is 0. The van der Waals surface area contributed by atoms with Crippen molar-refractivity contribution in [2.24, 2.45) is 0 Å². The molecular formula is C12H17S2. The zero-order valence-electron chi connectivity index (χ0n) is 8.66. The predicted octanol–water partition coefficient (Wildman–Crippen LogP) is 5.01. The first-order valence-corrected chi connectivity index (χ1v) is 6.99. The van der Waals surface area contributed by atoms with Crippen molar-refractivity contribution in [1.82, 2.24) is 0 Å². The van der Waals surface area contributed by atoms with Gasteiger partial charge < -0.3 is 0 Å². The van der Waals surface area contributed by atoms with E-state index in [4.69, 9.17) is 11.7 Å². The van der Waals surface area contributed by atoms with E-state index in [1.807, 2.05) is 0 Å². The Bertz CT molecular complexity index is 241. The van der Waals surface area contributed by atoms with Gasteiger partial charge in [0.2, 0.25) is 0 Å². The molecule has 14 heavy (non-hydrogen) atoms. The fourth-order valence-electron chi connectivity index (χ4n) is 1.47. The number of hydrogen-bond acceptors (Lipinski definition) is 1. The van der Waals surface area contributed by atoms with E-state index in [0.717, 1.165) is 0 Å². The van der Waals surface area contributed by atoms with Gasteiger partial charge in [-0.3, -0.25) is 0 Å². The maximum Gasteiger partial charge on any atom is 0.0191 e. The highest BCUT2D eigenvalue weighted by atomic mass is 33.1. The van der Waals surface area contributed by atoms with Crippen molar-refractivity contribution in [2.45, 2.75) is 43.9 Å². The Labute approximate surface area is 96.3 Å². The van der Waals surface area contributed by atoms with Crippen LogP contribution in [0.4, 0.5) is 0 Å². The molecule has 1 rings (SSSR count). The molecule has 0 heterocycles. The van der Waals surface area contributed by atoms with Crippen LogP contribution in [0.2, 0.25) is 0 Å². The quantitative estimate of drug-likeness (QED) is 0.484. The van der Waals surface area contributed by atoms with Gasteiger partial charge in [-0.25, -0.2) is 0 Å². The summed E-state index contributed by atoms with van der Waals surface area (Å²) in [6, 6.07) is 8.63. The topological polar surface area (TPSA) is 0 Å². The van der Waals surface area contributed by atoms with Crippen LogP contribution in [-0.4, -0.2) is 0 Å². The van der Waals surface area contributed by atoms with Crippen LogP contribution in [0.25, 0.3) is 0 Å². The summed E-state index contributed by atoms with van der Waals surface area (Å²) in [4.78, 5) is 1.18. The lowest BCUT2D eigenvalue weighted by atomic mass is 10.1. The van der Waals surface area contributed by atoms with Gasteiger partial charge in [0.25, 0.3) is 0 Å². The van der Waals surface area contributed by atoms with E-state index in [9.17, 15) is 0 Å². The molecule has 0 N–H and O–H groups in total. The standard InChI is InChI=1S/C12H17S2/c1-2-3-4-5-6-11-7-9-12(14-13)10-8-11/h7-10H,2-6H2,1H3. The van der Waals surface area contributed by atoms with Gasteiger partial charge in [0.1, 0.15) is 0 Å². The molecule has 0 saturated carbocycles. The van der Waals surface area contributed by atoms with Gasteiger partial charge in [0, 0.05) is 4.90 Å². The number of aryl methyl sites for hydroxylation is 1. The molecule has 0 aromatic heterocycles. The molecule has 0 bridgehead atoms. The Balaban J connectivity index is 2.29. The van der Waals surface area contributed by atoms with Crippen molar-refractivity contribution in [3.63, 3.8) is 0 Å². The van der Waals surface area contributed by atoms with Gasteiger partial charge in [-0.05, 0) is 53.0 Å². The van der Waals surface area contributed by atoms with Crippen molar-refractivity contribution in [1.29, 1.82) is 0 Å². The summed E-state index contributed by atoms with van der Waals surface area (Å²) >= 11 is 4.90. The zero-order chi connectivity index (χ0) is 10.2. The highest BCUT2D eigenvalue weighted by molar-refractivity contribution is 8.68. The number of unbranched alkanes of at least 4 members (excludes halogenated alkanes) is 3. The second kappa shape index (κ2) is 7.24. The molecule has 0 fully saturated rings. The minimum atomic E-state index is 1.18. The Kier molecular flexibility index (Phi) is 6.20. The Morgan fingerprint density at radius 2 is 1.79 bits per heavy atom. The molecule has 2 heteroatoms. The third-order valence-electron chi connectivity index (χ3n) is 2.34. The lowest BCUT2D eigenvalue weighted by molar-refractivity contribution is 0.667. The van der Waals surface area contributed by atoms with E-state index >= 15 is 0 Å². The van der Waals surface area contributed by atoms with Crippen molar-refractivity contribution in [3.05, 3.63) is 29.8 Å². The molecule has 0 atom stereocenters. The Morgan fingerprint density at radius 3 is 2.36 bits per heavy atom. The highest BCUT2D eigenvalue weighted by Crippen LogP contribution is 2.21. The van der Waals surface area contributed by atoms with Crippen LogP contribution in [-0.2, 0) is 6.42 Å². The van der Waals surface area contributed by atoms with E-state index in [0.29, 0.717) is 0 Å². The fourth-order valence-corrected chi connectivity index (χ4v) is 2.05. The molecular weight excluding hydrogens is 208 g/mol. The largest absolute Gasteiger partial charge is 0.0654 e. The smallest absolute Gasteiger partial charge is 0.0191 e. The third-order valence-corrected chi connectivity index (χ3v) is 3.38. The van der Waals surface area contributed by atoms with Crippen LogP contribution in [0.3, 0.4) is 0 Å². The molecule has 0 unspecified atom stereocenters. The molecule has 0 amide bonds. The predicted molar refractivity (Wildman–Crippen MR) is 67.7 cm³/mol. The van der Waals surface area contributed by atoms with Crippen LogP contribution in [0.5, 0.6) is 0 Å². The van der Waals surface area contributed by atoms with Crippen LogP contribution in [0.1, 0.15) is 38.2 Å². The van der Waals surface area contributed by atoms with Gasteiger partial charge in [-0.1, -0.05) is 38.3 Å². The Morgan fingerprint density at radius 1 is 1.07 bits per heavy atom. The lowest BCUT2D eigenvalue weighted by Gasteiger charge is -2.01. The SMILES string of the molecule is CCCCCCc1ccc(S[S])cc1. The first kappa shape index (κ1) is 12.0. The molecule has 0 aliphatic heterocycles. The van der Waals surface area contributed by atoms with Gasteiger partial charge in [0.15, 0.2) is 0 Å². The average Bonchev–Trinajstić information content (AvgIpc) is 2.25. The van der Waals surface area contributed by atoms with E-state index < -0.39 is 0 Å². The van der Waals surface area contributed by atoms with E-state index in [-0.39, 0.29) is 0 Å². The van der Waals surface area contributed by atoms with E-state index in [2.05, 4.69) is 31.2 Å². The van der Waals surface area contributed by atoms with Gasteiger partial charge in [-0.15, -0.1) is 0 Å². The maximum atomic E-state index is 4.90. The molecule has 1 aromatic carbocycles. The summed E-state index contributed by atoms with van der Waals surface area (Å²) in [7, 11) is 1.39. The Hall–Kier alpha value is -0.0800. The summed E-state index contributed by atoms with van der Waals surface area (Å²) < 4.78 is 0. The second-order valence-electron chi connectivity index (χ2n) is 3.54. The summed E-state index contributed by atoms with van der Waals surface area (Å²) in [5.74, 6) is 0. The fraction of sp³-hybridized carbons (Fsp3) is 0.500. The normalized spacial score (nSPS) is 10.4. The first-order chi connectivity index (χ1) is 6.86. The van der Waals surface area contributed by atoms with Crippen molar-refractivity contribution in [3.8, 4) is 0 Å². The number of hydrogen-bond donors (Lipinski definition) is 0. The average molecular weight is 225 g/mol. The zero-order valence-corrected chi connectivity index (χ0v) is 10.3. The molecule has 0 nitrogen and oxygen atoms in total. The first-order valence-electron chi connectivity index (χ1n) is 5.25. The van der Waals surface area contributed by atoms with Gasteiger partial charge in [0.05, 0.1) is 0 Å². The lowest BCUT2D eigenvalue weighted by Crippen LogP contribution is -1.85. The van der Waals surface area contributed by atoms with Crippen molar-refractivity contribution < 1.29 is 0 Å². The minimum Gasteiger partial charge on any atom is -0.0654 e. The van der Waals surface area contributed by atoms with Gasteiger partial charge in [-0.2, -0.15) is 0 Å². The summed E-state index contributed by atoms with van der Waals surface area (Å²) in [5.41, 5.74) is 1.44. The van der Waals surface area contributed by atoms with Crippen LogP contribution >= 0.6 is 22.5 Å². The molecule has 0 aliphatic carbocycles. The third kappa shape index (κ3) is 4.43. The monoisotopic (exact) mass is 225 g/mol. The number of rotatable bonds is 6. The highest BCUT2D eigenvalue weighted by Gasteiger charge is 1.94. The van der Waals surface area contributed by atoms with Crippen LogP contribution in [0.15, 0.2) is 29.2 Å². The van der Waals surface area contributed by atoms with Crippen LogP contribution < -0.4 is 0 Å². The second-order valence-corrected chi connectivity index (χ2v) is 4.68. The van der Waals surface area contributed by atoms with Crippen molar-refractivity contribution in [2.75, 3.05) is 0 Å². The van der Waals surface area contributed by atoms with E-state index in [1.165, 1.54) is 53.4 Å². The number of benzene rings is 1. The summed E-state index contributed by atoms with van der Waals surface area (Å²) in [6.45, 7) is 2.25. The molecule has 0 saturated heterocycles.